The van der Waals surface area contributed by atoms with E-state index in [1.54, 1.807) is 24.3 Å². The van der Waals surface area contributed by atoms with Crippen molar-refractivity contribution in [3.8, 4) is 0 Å². The number of halogens is 2. The summed E-state index contributed by atoms with van der Waals surface area (Å²) < 4.78 is 13.9. The summed E-state index contributed by atoms with van der Waals surface area (Å²) in [5.74, 6) is -2.45. The van der Waals surface area contributed by atoms with E-state index in [1.165, 1.54) is 6.07 Å². The molecule has 20 heavy (non-hydrogen) atoms. The van der Waals surface area contributed by atoms with Gasteiger partial charge in [0, 0.05) is 10.0 Å². The summed E-state index contributed by atoms with van der Waals surface area (Å²) >= 11 is 3.25. The Bertz CT molecular complexity index is 671. The highest BCUT2D eigenvalue weighted by molar-refractivity contribution is 9.10. The Labute approximate surface area is 122 Å². The van der Waals surface area contributed by atoms with Crippen LogP contribution in [0.15, 0.2) is 46.9 Å². The van der Waals surface area contributed by atoms with Crippen LogP contribution in [0.5, 0.6) is 0 Å². The first-order chi connectivity index (χ1) is 9.47. The monoisotopic (exact) mass is 337 g/mol. The predicted octanol–water partition coefficient (Wildman–Crippen LogP) is 3.54. The van der Waals surface area contributed by atoms with Crippen molar-refractivity contribution in [2.24, 2.45) is 0 Å². The summed E-state index contributed by atoms with van der Waals surface area (Å²) in [6.45, 7) is 0. The zero-order valence-corrected chi connectivity index (χ0v) is 11.6. The van der Waals surface area contributed by atoms with Crippen molar-refractivity contribution in [1.82, 2.24) is 0 Å². The van der Waals surface area contributed by atoms with Gasteiger partial charge in [-0.15, -0.1) is 0 Å². The minimum absolute atomic E-state index is 0.0480. The van der Waals surface area contributed by atoms with Crippen LogP contribution in [-0.4, -0.2) is 17.0 Å². The van der Waals surface area contributed by atoms with Gasteiger partial charge in [-0.25, -0.2) is 9.18 Å². The predicted molar refractivity (Wildman–Crippen MR) is 75.5 cm³/mol. The lowest BCUT2D eigenvalue weighted by Crippen LogP contribution is -2.14. The van der Waals surface area contributed by atoms with Crippen LogP contribution < -0.4 is 5.32 Å². The molecule has 0 saturated carbocycles. The van der Waals surface area contributed by atoms with E-state index in [9.17, 15) is 14.0 Å². The molecule has 0 aromatic heterocycles. The molecule has 0 aliphatic carbocycles. The van der Waals surface area contributed by atoms with Gasteiger partial charge in [-0.2, -0.15) is 0 Å². The fourth-order valence-electron chi connectivity index (χ4n) is 1.60. The minimum atomic E-state index is -1.31. The Balaban J connectivity index is 2.28. The van der Waals surface area contributed by atoms with E-state index in [-0.39, 0.29) is 11.3 Å². The Kier molecular flexibility index (Phi) is 4.14. The number of aromatic carboxylic acids is 1. The van der Waals surface area contributed by atoms with E-state index in [1.807, 2.05) is 0 Å². The molecule has 6 heteroatoms. The number of hydrogen-bond donors (Lipinski definition) is 2. The first-order valence-corrected chi connectivity index (χ1v) is 6.36. The van der Waals surface area contributed by atoms with Crippen LogP contribution >= 0.6 is 15.9 Å². The number of carbonyl (C=O) groups is 2. The van der Waals surface area contributed by atoms with Crippen LogP contribution in [0, 0.1) is 5.82 Å². The third kappa shape index (κ3) is 3.21. The quantitative estimate of drug-likeness (QED) is 0.900. The largest absolute Gasteiger partial charge is 0.478 e. The van der Waals surface area contributed by atoms with Gasteiger partial charge < -0.3 is 10.4 Å². The van der Waals surface area contributed by atoms with Crippen LogP contribution in [0.3, 0.4) is 0 Å². The van der Waals surface area contributed by atoms with E-state index < -0.39 is 17.7 Å². The minimum Gasteiger partial charge on any atom is -0.478 e. The molecule has 0 bridgehead atoms. The van der Waals surface area contributed by atoms with Gasteiger partial charge in [0.25, 0.3) is 5.91 Å². The number of carboxylic acids is 1. The molecule has 0 atom stereocenters. The molecule has 0 unspecified atom stereocenters. The smallest absolute Gasteiger partial charge is 0.337 e. The third-order valence-corrected chi connectivity index (χ3v) is 3.10. The van der Waals surface area contributed by atoms with Crippen LogP contribution in [-0.2, 0) is 0 Å². The number of nitrogens with one attached hydrogen (secondary N) is 1. The lowest BCUT2D eigenvalue weighted by atomic mass is 10.1. The zero-order valence-electron chi connectivity index (χ0n) is 10.1. The summed E-state index contributed by atoms with van der Waals surface area (Å²) in [6.07, 6.45) is 0. The number of anilines is 1. The van der Waals surface area contributed by atoms with E-state index in [4.69, 9.17) is 5.11 Å². The molecule has 0 heterocycles. The topological polar surface area (TPSA) is 66.4 Å². The number of rotatable bonds is 3. The van der Waals surface area contributed by atoms with Crippen molar-refractivity contribution in [2.75, 3.05) is 5.32 Å². The Hall–Kier alpha value is -2.21. The fourth-order valence-corrected chi connectivity index (χ4v) is 1.86. The highest BCUT2D eigenvalue weighted by Crippen LogP contribution is 2.19. The first kappa shape index (κ1) is 14.2. The number of hydrogen-bond acceptors (Lipinski definition) is 2. The zero-order chi connectivity index (χ0) is 14.7. The number of amides is 1. The normalized spacial score (nSPS) is 10.1. The molecule has 0 saturated heterocycles. The molecule has 2 aromatic rings. The van der Waals surface area contributed by atoms with E-state index in [2.05, 4.69) is 21.2 Å². The number of carboxylic acid groups (broad SMARTS) is 1. The summed E-state index contributed by atoms with van der Waals surface area (Å²) in [6, 6.07) is 9.72. The lowest BCUT2D eigenvalue weighted by molar-refractivity contribution is 0.0697. The van der Waals surface area contributed by atoms with E-state index >= 15 is 0 Å². The van der Waals surface area contributed by atoms with Gasteiger partial charge in [-0.05, 0) is 42.5 Å². The van der Waals surface area contributed by atoms with Crippen molar-refractivity contribution in [1.29, 1.82) is 0 Å². The Morgan fingerprint density at radius 2 is 1.75 bits per heavy atom. The molecular weight excluding hydrogens is 329 g/mol. The van der Waals surface area contributed by atoms with Crippen molar-refractivity contribution < 1.29 is 19.1 Å². The summed E-state index contributed by atoms with van der Waals surface area (Å²) in [4.78, 5) is 23.0. The number of benzene rings is 2. The lowest BCUT2D eigenvalue weighted by Gasteiger charge is -2.08. The van der Waals surface area contributed by atoms with E-state index in [0.717, 1.165) is 16.6 Å². The Morgan fingerprint density at radius 1 is 1.10 bits per heavy atom. The maximum atomic E-state index is 13.0. The summed E-state index contributed by atoms with van der Waals surface area (Å²) in [7, 11) is 0. The SMILES string of the molecule is O=C(Nc1ccc(F)cc1C(=O)O)c1ccc(Br)cc1. The van der Waals surface area contributed by atoms with Crippen molar-refractivity contribution in [3.05, 3.63) is 63.9 Å². The average molecular weight is 338 g/mol. The highest BCUT2D eigenvalue weighted by atomic mass is 79.9. The molecule has 2 aromatic carbocycles. The van der Waals surface area contributed by atoms with Gasteiger partial charge in [0.05, 0.1) is 11.3 Å². The van der Waals surface area contributed by atoms with Crippen molar-refractivity contribution >= 4 is 33.5 Å². The second kappa shape index (κ2) is 5.83. The average Bonchev–Trinajstić information content (AvgIpc) is 2.41. The molecule has 0 fully saturated rings. The van der Waals surface area contributed by atoms with E-state index in [0.29, 0.717) is 5.56 Å². The van der Waals surface area contributed by atoms with Crippen LogP contribution in [0.4, 0.5) is 10.1 Å². The molecule has 102 valence electrons. The summed E-state index contributed by atoms with van der Waals surface area (Å²) in [5, 5.41) is 11.4. The maximum Gasteiger partial charge on any atom is 0.337 e. The molecule has 1 amide bonds. The van der Waals surface area contributed by atoms with Crippen molar-refractivity contribution in [2.45, 2.75) is 0 Å². The van der Waals surface area contributed by atoms with Gasteiger partial charge in [0.15, 0.2) is 0 Å². The highest BCUT2D eigenvalue weighted by Gasteiger charge is 2.14. The molecule has 2 N–H and O–H groups in total. The van der Waals surface area contributed by atoms with Crippen LogP contribution in [0.1, 0.15) is 20.7 Å². The van der Waals surface area contributed by atoms with Gasteiger partial charge in [0.2, 0.25) is 0 Å². The Morgan fingerprint density at radius 3 is 2.35 bits per heavy atom. The number of carbonyl (C=O) groups excluding carboxylic acids is 1. The molecule has 0 aliphatic rings. The molecule has 0 spiro atoms. The molecule has 0 radical (unpaired) electrons. The molecular formula is C14H9BrFNO3. The fraction of sp³-hybridized carbons (Fsp3) is 0. The first-order valence-electron chi connectivity index (χ1n) is 5.57. The molecule has 0 aliphatic heterocycles. The maximum absolute atomic E-state index is 13.0. The van der Waals surface area contributed by atoms with Gasteiger partial charge in [0.1, 0.15) is 5.82 Å². The standard InChI is InChI=1S/C14H9BrFNO3/c15-9-3-1-8(2-4-9)13(18)17-12-6-5-10(16)7-11(12)14(19)20/h1-7H,(H,17,18)(H,19,20). The summed E-state index contributed by atoms with van der Waals surface area (Å²) in [5.41, 5.74) is 0.121. The third-order valence-electron chi connectivity index (χ3n) is 2.57. The second-order valence-corrected chi connectivity index (χ2v) is 4.87. The van der Waals surface area contributed by atoms with Crippen LogP contribution in [0.2, 0.25) is 0 Å². The van der Waals surface area contributed by atoms with Gasteiger partial charge in [-0.3, -0.25) is 4.79 Å². The second-order valence-electron chi connectivity index (χ2n) is 3.96. The molecule has 4 nitrogen and oxygen atoms in total. The molecule has 2 rings (SSSR count). The van der Waals surface area contributed by atoms with Crippen LogP contribution in [0.25, 0.3) is 0 Å². The van der Waals surface area contributed by atoms with Gasteiger partial charge >= 0.3 is 5.97 Å². The van der Waals surface area contributed by atoms with Crippen molar-refractivity contribution in [3.63, 3.8) is 0 Å². The van der Waals surface area contributed by atoms with Gasteiger partial charge in [-0.1, -0.05) is 15.9 Å².